The predicted molar refractivity (Wildman–Crippen MR) is 90.8 cm³/mol. The van der Waals surface area contributed by atoms with Crippen LogP contribution < -0.4 is 14.3 Å². The maximum absolute atomic E-state index is 12.3. The highest BCUT2D eigenvalue weighted by molar-refractivity contribution is 7.11. The zero-order chi connectivity index (χ0) is 18.0. The van der Waals surface area contributed by atoms with Gasteiger partial charge in [0.05, 0.1) is 13.0 Å². The molecule has 1 aromatic carbocycles. The van der Waals surface area contributed by atoms with Crippen LogP contribution >= 0.6 is 11.3 Å². The van der Waals surface area contributed by atoms with E-state index < -0.39 is 5.97 Å². The van der Waals surface area contributed by atoms with Gasteiger partial charge < -0.3 is 18.8 Å². The number of aromatic nitrogens is 1. The van der Waals surface area contributed by atoms with Gasteiger partial charge in [-0.1, -0.05) is 17.4 Å². The van der Waals surface area contributed by atoms with E-state index in [9.17, 15) is 9.59 Å². The quantitative estimate of drug-likeness (QED) is 0.777. The van der Waals surface area contributed by atoms with Crippen LogP contribution in [0.5, 0.6) is 11.5 Å². The number of rotatable bonds is 4. The van der Waals surface area contributed by atoms with Gasteiger partial charge in [0.15, 0.2) is 16.3 Å². The van der Waals surface area contributed by atoms with Gasteiger partial charge in [0.25, 0.3) is 5.91 Å². The van der Waals surface area contributed by atoms with E-state index in [-0.39, 0.29) is 19.1 Å². The van der Waals surface area contributed by atoms with Crippen LogP contribution in [-0.2, 0) is 23.0 Å². The molecular weight excluding hydrogens is 344 g/mol. The van der Waals surface area contributed by atoms with Crippen LogP contribution in [0.2, 0.25) is 0 Å². The fourth-order valence-electron chi connectivity index (χ4n) is 2.38. The van der Waals surface area contributed by atoms with E-state index in [4.69, 9.17) is 14.2 Å². The van der Waals surface area contributed by atoms with Crippen molar-refractivity contribution in [2.75, 3.05) is 13.4 Å². The molecule has 0 N–H and O–H groups in total. The molecule has 1 aliphatic rings. The Morgan fingerprint density at radius 3 is 2.84 bits per heavy atom. The molecule has 25 heavy (non-hydrogen) atoms. The Hall–Kier alpha value is -2.61. The number of benzene rings is 1. The molecule has 1 aliphatic heterocycles. The minimum atomic E-state index is -0.398. The van der Waals surface area contributed by atoms with Gasteiger partial charge in [-0.3, -0.25) is 4.79 Å². The highest BCUT2D eigenvalue weighted by Crippen LogP contribution is 2.32. The van der Waals surface area contributed by atoms with Gasteiger partial charge in [-0.2, -0.15) is 4.99 Å². The molecule has 0 aliphatic carbocycles. The number of carbonyl (C=O) groups is 2. The molecular formula is C17H18N2O5S. The van der Waals surface area contributed by atoms with Crippen LogP contribution in [0.4, 0.5) is 0 Å². The summed E-state index contributed by atoms with van der Waals surface area (Å²) in [6.45, 7) is 4.04. The van der Waals surface area contributed by atoms with Crippen LogP contribution in [0.25, 0.3) is 0 Å². The van der Waals surface area contributed by atoms with E-state index >= 15 is 0 Å². The van der Waals surface area contributed by atoms with Crippen molar-refractivity contribution in [2.24, 2.45) is 12.0 Å². The third-order valence-electron chi connectivity index (χ3n) is 3.79. The molecule has 0 saturated carbocycles. The lowest BCUT2D eigenvalue weighted by Crippen LogP contribution is -2.15. The first-order valence-corrected chi connectivity index (χ1v) is 8.61. The first-order chi connectivity index (χ1) is 12.0. The third kappa shape index (κ3) is 3.58. The number of esters is 1. The fraction of sp³-hybridized carbons (Fsp3) is 0.353. The highest BCUT2D eigenvalue weighted by atomic mass is 32.1. The van der Waals surface area contributed by atoms with Crippen molar-refractivity contribution < 1.29 is 23.8 Å². The van der Waals surface area contributed by atoms with Gasteiger partial charge in [0.2, 0.25) is 6.79 Å². The summed E-state index contributed by atoms with van der Waals surface area (Å²) in [4.78, 5) is 29.3. The van der Waals surface area contributed by atoms with Crippen LogP contribution in [-0.4, -0.2) is 29.8 Å². The van der Waals surface area contributed by atoms with E-state index in [2.05, 4.69) is 4.99 Å². The van der Waals surface area contributed by atoms with Crippen molar-refractivity contribution in [2.45, 2.75) is 20.3 Å². The molecule has 2 heterocycles. The first-order valence-electron chi connectivity index (χ1n) is 7.79. The summed E-state index contributed by atoms with van der Waals surface area (Å²) in [6.07, 6.45) is 0.141. The summed E-state index contributed by atoms with van der Waals surface area (Å²) in [7, 11) is 1.77. The minimum Gasteiger partial charge on any atom is -0.462 e. The van der Waals surface area contributed by atoms with E-state index in [1.165, 1.54) is 0 Å². The number of amides is 1. The average molecular weight is 362 g/mol. The number of nitrogens with zero attached hydrogens (tertiary/aromatic N) is 2. The summed E-state index contributed by atoms with van der Waals surface area (Å²) in [6, 6.07) is 5.36. The number of fused-ring (bicyclic) bond motifs is 1. The number of carbonyl (C=O) groups excluding carboxylic acids is 2. The molecule has 0 unspecified atom stereocenters. The van der Waals surface area contributed by atoms with E-state index in [1.807, 2.05) is 6.07 Å². The highest BCUT2D eigenvalue weighted by Gasteiger charge is 2.17. The molecule has 0 fully saturated rings. The summed E-state index contributed by atoms with van der Waals surface area (Å²) in [5.74, 6) is 0.608. The largest absolute Gasteiger partial charge is 0.462 e. The van der Waals surface area contributed by atoms with Crippen LogP contribution in [0, 0.1) is 6.92 Å². The molecule has 1 amide bonds. The summed E-state index contributed by atoms with van der Waals surface area (Å²) in [5.41, 5.74) is 1.51. The Labute approximate surface area is 148 Å². The third-order valence-corrected chi connectivity index (χ3v) is 5.00. The van der Waals surface area contributed by atoms with E-state index in [0.29, 0.717) is 27.8 Å². The molecule has 0 radical (unpaired) electrons. The lowest BCUT2D eigenvalue weighted by atomic mass is 10.1. The monoisotopic (exact) mass is 362 g/mol. The summed E-state index contributed by atoms with van der Waals surface area (Å²) < 4.78 is 17.3. The van der Waals surface area contributed by atoms with Gasteiger partial charge in [-0.05, 0) is 31.5 Å². The van der Waals surface area contributed by atoms with Gasteiger partial charge in [-0.15, -0.1) is 0 Å². The lowest BCUT2D eigenvalue weighted by molar-refractivity contribution is -0.117. The Kier molecular flexibility index (Phi) is 4.89. The second kappa shape index (κ2) is 7.10. The van der Waals surface area contributed by atoms with Gasteiger partial charge in [0, 0.05) is 12.7 Å². The van der Waals surface area contributed by atoms with Crippen molar-refractivity contribution in [3.8, 4) is 11.5 Å². The number of hydrogen-bond acceptors (Lipinski definition) is 6. The molecule has 0 spiro atoms. The molecule has 132 valence electrons. The zero-order valence-corrected chi connectivity index (χ0v) is 15.0. The van der Waals surface area contributed by atoms with Gasteiger partial charge in [-0.25, -0.2) is 4.79 Å². The first kappa shape index (κ1) is 17.2. The molecule has 0 bridgehead atoms. The number of hydrogen-bond donors (Lipinski definition) is 0. The van der Waals surface area contributed by atoms with Crippen LogP contribution in [0.3, 0.4) is 0 Å². The maximum Gasteiger partial charge on any atom is 0.350 e. The van der Waals surface area contributed by atoms with Crippen LogP contribution in [0.1, 0.15) is 27.9 Å². The molecule has 2 aromatic rings. The molecule has 7 nitrogen and oxygen atoms in total. The van der Waals surface area contributed by atoms with Crippen molar-refractivity contribution >= 4 is 23.2 Å². The summed E-state index contributed by atoms with van der Waals surface area (Å²) in [5, 5.41) is 0. The minimum absolute atomic E-state index is 0.141. The molecule has 1 aromatic heterocycles. The Morgan fingerprint density at radius 2 is 2.08 bits per heavy atom. The van der Waals surface area contributed by atoms with Gasteiger partial charge in [0.1, 0.15) is 4.88 Å². The SMILES string of the molecule is CCOC(=O)c1sc(=NC(=O)Cc2ccc3c(c2)OCO3)n(C)c1C. The normalized spacial score (nSPS) is 13.2. The van der Waals surface area contributed by atoms with Crippen molar-refractivity contribution in [1.82, 2.24) is 4.57 Å². The molecule has 0 atom stereocenters. The van der Waals surface area contributed by atoms with E-state index in [0.717, 1.165) is 22.6 Å². The second-order valence-electron chi connectivity index (χ2n) is 5.45. The molecule has 8 heteroatoms. The summed E-state index contributed by atoms with van der Waals surface area (Å²) >= 11 is 1.15. The number of thiazole rings is 1. The van der Waals surface area contributed by atoms with Crippen molar-refractivity contribution in [3.05, 3.63) is 39.1 Å². The Morgan fingerprint density at radius 1 is 1.32 bits per heavy atom. The second-order valence-corrected chi connectivity index (χ2v) is 6.43. The fourth-order valence-corrected chi connectivity index (χ4v) is 3.42. The van der Waals surface area contributed by atoms with Crippen molar-refractivity contribution in [1.29, 1.82) is 0 Å². The van der Waals surface area contributed by atoms with Crippen LogP contribution in [0.15, 0.2) is 23.2 Å². The topological polar surface area (TPSA) is 79.1 Å². The Bertz CT molecular complexity index is 897. The average Bonchev–Trinajstić information content (AvgIpc) is 3.14. The zero-order valence-electron chi connectivity index (χ0n) is 14.2. The Balaban J connectivity index is 1.81. The predicted octanol–water partition coefficient (Wildman–Crippen LogP) is 1.97. The lowest BCUT2D eigenvalue weighted by Gasteiger charge is -2.00. The molecule has 3 rings (SSSR count). The van der Waals surface area contributed by atoms with Gasteiger partial charge >= 0.3 is 5.97 Å². The van der Waals surface area contributed by atoms with Crippen molar-refractivity contribution in [3.63, 3.8) is 0 Å². The number of ether oxygens (including phenoxy) is 3. The standard InChI is InChI=1S/C17H18N2O5S/c1-4-22-16(21)15-10(2)19(3)17(25-15)18-14(20)8-11-5-6-12-13(7-11)24-9-23-12/h5-7H,4,8-9H2,1-3H3. The maximum atomic E-state index is 12.3. The smallest absolute Gasteiger partial charge is 0.350 e. The van der Waals surface area contributed by atoms with E-state index in [1.54, 1.807) is 37.6 Å². The molecule has 0 saturated heterocycles.